The molecule has 1 heterocycles. The van der Waals surface area contributed by atoms with Crippen molar-refractivity contribution in [1.82, 2.24) is 9.80 Å². The highest BCUT2D eigenvalue weighted by Crippen LogP contribution is 2.21. The van der Waals surface area contributed by atoms with E-state index >= 15 is 0 Å². The summed E-state index contributed by atoms with van der Waals surface area (Å²) < 4.78 is 0. The van der Waals surface area contributed by atoms with Gasteiger partial charge in [-0.05, 0) is 17.2 Å². The van der Waals surface area contributed by atoms with Gasteiger partial charge in [0, 0.05) is 18.6 Å². The van der Waals surface area contributed by atoms with Crippen LogP contribution in [0, 0.1) is 0 Å². The maximum absolute atomic E-state index is 11.7. The molecular formula is C12H14ClN3O2. The highest BCUT2D eigenvalue weighted by atomic mass is 35.5. The van der Waals surface area contributed by atoms with Gasteiger partial charge in [0.05, 0.1) is 6.54 Å². The average molecular weight is 268 g/mol. The molecule has 3 amide bonds. The molecule has 0 atom stereocenters. The number of likely N-dealkylation sites (N-methyl/N-ethyl adjacent to an activating group) is 1. The van der Waals surface area contributed by atoms with Gasteiger partial charge >= 0.3 is 6.03 Å². The predicted octanol–water partition coefficient (Wildman–Crippen LogP) is 1.19. The molecule has 2 rings (SSSR count). The quantitative estimate of drug-likeness (QED) is 0.837. The largest absolute Gasteiger partial charge is 0.327 e. The fourth-order valence-electron chi connectivity index (χ4n) is 1.84. The summed E-state index contributed by atoms with van der Waals surface area (Å²) in [5, 5.41) is 0.521. The van der Waals surface area contributed by atoms with E-state index < -0.39 is 0 Å². The second-order valence-corrected chi connectivity index (χ2v) is 4.66. The highest BCUT2D eigenvalue weighted by molar-refractivity contribution is 6.31. The minimum atomic E-state index is -0.293. The van der Waals surface area contributed by atoms with Crippen LogP contribution in [-0.4, -0.2) is 35.3 Å². The van der Waals surface area contributed by atoms with Gasteiger partial charge in [-0.15, -0.1) is 0 Å². The van der Waals surface area contributed by atoms with Gasteiger partial charge in [-0.2, -0.15) is 0 Å². The van der Waals surface area contributed by atoms with Crippen LogP contribution in [0.5, 0.6) is 0 Å². The Morgan fingerprint density at radius 3 is 2.61 bits per heavy atom. The van der Waals surface area contributed by atoms with E-state index in [2.05, 4.69) is 0 Å². The number of carbonyl (C=O) groups is 2. The Hall–Kier alpha value is -1.59. The molecule has 0 spiro atoms. The van der Waals surface area contributed by atoms with Crippen LogP contribution in [0.15, 0.2) is 18.2 Å². The number of hydrogen-bond acceptors (Lipinski definition) is 3. The van der Waals surface area contributed by atoms with Crippen LogP contribution in [-0.2, 0) is 17.9 Å². The fourth-order valence-corrected chi connectivity index (χ4v) is 2.10. The second-order valence-electron chi connectivity index (χ2n) is 4.25. The van der Waals surface area contributed by atoms with Gasteiger partial charge in [0.15, 0.2) is 0 Å². The highest BCUT2D eigenvalue weighted by Gasteiger charge is 2.33. The lowest BCUT2D eigenvalue weighted by atomic mass is 10.1. The van der Waals surface area contributed by atoms with E-state index in [0.29, 0.717) is 11.6 Å². The van der Waals surface area contributed by atoms with Gasteiger partial charge in [-0.3, -0.25) is 9.69 Å². The van der Waals surface area contributed by atoms with Crippen molar-refractivity contribution in [3.63, 3.8) is 0 Å². The van der Waals surface area contributed by atoms with E-state index in [4.69, 9.17) is 17.3 Å². The third-order valence-electron chi connectivity index (χ3n) is 2.91. The maximum Gasteiger partial charge on any atom is 0.327 e. The van der Waals surface area contributed by atoms with Crippen molar-refractivity contribution in [3.05, 3.63) is 34.3 Å². The third-order valence-corrected chi connectivity index (χ3v) is 3.26. The molecule has 6 heteroatoms. The molecule has 0 radical (unpaired) electrons. The van der Waals surface area contributed by atoms with Crippen molar-refractivity contribution in [3.8, 4) is 0 Å². The monoisotopic (exact) mass is 267 g/mol. The zero-order valence-corrected chi connectivity index (χ0v) is 10.8. The third kappa shape index (κ3) is 2.32. The van der Waals surface area contributed by atoms with Gasteiger partial charge in [0.2, 0.25) is 0 Å². The standard InChI is InChI=1S/C12H14ClN3O2/c1-15-7-11(17)16(12(15)18)6-9-3-2-8(5-14)4-10(9)13/h2-4H,5-7,14H2,1H3. The SMILES string of the molecule is CN1CC(=O)N(Cc2ccc(CN)cc2Cl)C1=O. The number of imide groups is 1. The number of urea groups is 1. The molecular weight excluding hydrogens is 254 g/mol. The molecule has 96 valence electrons. The minimum absolute atomic E-state index is 0.122. The topological polar surface area (TPSA) is 66.6 Å². The molecule has 1 aromatic carbocycles. The number of nitrogens with two attached hydrogens (primary N) is 1. The zero-order chi connectivity index (χ0) is 13.3. The first kappa shape index (κ1) is 12.9. The summed E-state index contributed by atoms with van der Waals surface area (Å²) in [5.41, 5.74) is 7.17. The lowest BCUT2D eigenvalue weighted by Gasteiger charge is -2.15. The number of nitrogens with zero attached hydrogens (tertiary/aromatic N) is 2. The number of rotatable bonds is 3. The summed E-state index contributed by atoms with van der Waals surface area (Å²) in [6.07, 6.45) is 0. The molecule has 2 N–H and O–H groups in total. The Morgan fingerprint density at radius 2 is 2.11 bits per heavy atom. The lowest BCUT2D eigenvalue weighted by Crippen LogP contribution is -2.31. The molecule has 18 heavy (non-hydrogen) atoms. The fraction of sp³-hybridized carbons (Fsp3) is 0.333. The first-order valence-electron chi connectivity index (χ1n) is 5.55. The molecule has 1 aliphatic heterocycles. The summed E-state index contributed by atoms with van der Waals surface area (Å²) in [7, 11) is 1.60. The molecule has 0 aromatic heterocycles. The molecule has 1 aliphatic rings. The van der Waals surface area contributed by atoms with Crippen LogP contribution >= 0.6 is 11.6 Å². The molecule has 1 aromatic rings. The van der Waals surface area contributed by atoms with Crippen molar-refractivity contribution in [2.24, 2.45) is 5.73 Å². The normalized spacial score (nSPS) is 15.7. The number of carbonyl (C=O) groups excluding carboxylic acids is 2. The van der Waals surface area contributed by atoms with Crippen molar-refractivity contribution >= 4 is 23.5 Å². The minimum Gasteiger partial charge on any atom is -0.326 e. The van der Waals surface area contributed by atoms with Crippen LogP contribution < -0.4 is 5.73 Å². The molecule has 0 unspecified atom stereocenters. The molecule has 1 saturated heterocycles. The summed E-state index contributed by atoms with van der Waals surface area (Å²) in [4.78, 5) is 25.9. The van der Waals surface area contributed by atoms with Crippen molar-refractivity contribution in [1.29, 1.82) is 0 Å². The van der Waals surface area contributed by atoms with Crippen molar-refractivity contribution in [2.45, 2.75) is 13.1 Å². The molecule has 0 aliphatic carbocycles. The predicted molar refractivity (Wildman–Crippen MR) is 67.9 cm³/mol. The van der Waals surface area contributed by atoms with Crippen LogP contribution in [0.2, 0.25) is 5.02 Å². The number of halogens is 1. The Kier molecular flexibility index (Phi) is 3.54. The van der Waals surface area contributed by atoms with Gasteiger partial charge in [-0.25, -0.2) is 4.79 Å². The van der Waals surface area contributed by atoms with Gasteiger partial charge < -0.3 is 10.6 Å². The number of benzene rings is 1. The van der Waals surface area contributed by atoms with E-state index in [1.807, 2.05) is 6.07 Å². The van der Waals surface area contributed by atoms with Crippen LogP contribution in [0.25, 0.3) is 0 Å². The molecule has 5 nitrogen and oxygen atoms in total. The van der Waals surface area contributed by atoms with Crippen LogP contribution in [0.4, 0.5) is 4.79 Å². The summed E-state index contributed by atoms with van der Waals surface area (Å²) in [6, 6.07) is 5.10. The van der Waals surface area contributed by atoms with E-state index in [1.54, 1.807) is 19.2 Å². The molecule has 0 bridgehead atoms. The zero-order valence-electron chi connectivity index (χ0n) is 10.0. The van der Waals surface area contributed by atoms with E-state index in [9.17, 15) is 9.59 Å². The molecule has 1 fully saturated rings. The number of amides is 3. The summed E-state index contributed by atoms with van der Waals surface area (Å²) >= 11 is 6.10. The van der Waals surface area contributed by atoms with Gasteiger partial charge in [0.25, 0.3) is 5.91 Å². The first-order chi connectivity index (χ1) is 8.52. The van der Waals surface area contributed by atoms with Gasteiger partial charge in [0.1, 0.15) is 6.54 Å². The second kappa shape index (κ2) is 4.96. The maximum atomic E-state index is 11.7. The summed E-state index contributed by atoms with van der Waals surface area (Å²) in [6.45, 7) is 0.730. The smallest absolute Gasteiger partial charge is 0.326 e. The summed E-state index contributed by atoms with van der Waals surface area (Å²) in [5.74, 6) is -0.207. The average Bonchev–Trinajstić information content (AvgIpc) is 2.58. The van der Waals surface area contributed by atoms with Gasteiger partial charge in [-0.1, -0.05) is 23.7 Å². The lowest BCUT2D eigenvalue weighted by molar-refractivity contribution is -0.125. The van der Waals surface area contributed by atoms with E-state index in [0.717, 1.165) is 11.1 Å². The van der Waals surface area contributed by atoms with Crippen molar-refractivity contribution in [2.75, 3.05) is 13.6 Å². The van der Waals surface area contributed by atoms with Crippen molar-refractivity contribution < 1.29 is 9.59 Å². The number of hydrogen-bond donors (Lipinski definition) is 1. The van der Waals surface area contributed by atoms with Crippen LogP contribution in [0.3, 0.4) is 0 Å². The van der Waals surface area contributed by atoms with E-state index in [1.165, 1.54) is 9.80 Å². The Labute approximate surface area is 110 Å². The van der Waals surface area contributed by atoms with Crippen LogP contribution in [0.1, 0.15) is 11.1 Å². The molecule has 0 saturated carbocycles. The van der Waals surface area contributed by atoms with E-state index in [-0.39, 0.29) is 25.0 Å². The Bertz CT molecular complexity index is 504. The Balaban J connectivity index is 2.19. The first-order valence-corrected chi connectivity index (χ1v) is 5.93. The Morgan fingerprint density at radius 1 is 1.39 bits per heavy atom.